The van der Waals surface area contributed by atoms with Gasteiger partial charge in [-0.15, -0.1) is 12.6 Å². The van der Waals surface area contributed by atoms with Crippen LogP contribution >= 0.6 is 25.3 Å². The fourth-order valence-electron chi connectivity index (χ4n) is 0.0956. The molecule has 0 saturated carbocycles. The van der Waals surface area contributed by atoms with Gasteiger partial charge >= 0.3 is 5.97 Å². The monoisotopic (exact) mass is 182 g/mol. The fraction of sp³-hybridized carbons (Fsp3) is 0.600. The van der Waals surface area contributed by atoms with E-state index >= 15 is 0 Å². The molecule has 0 fully saturated rings. The third-order valence-electron chi connectivity index (χ3n) is 0.326. The average molecular weight is 182 g/mol. The van der Waals surface area contributed by atoms with Gasteiger partial charge in [-0.2, -0.15) is 12.6 Å². The van der Waals surface area contributed by atoms with Gasteiger partial charge in [-0.1, -0.05) is 0 Å². The highest BCUT2D eigenvalue weighted by atomic mass is 32.1. The summed E-state index contributed by atoms with van der Waals surface area (Å²) in [5, 5.41) is 7.73. The molecule has 0 unspecified atom stereocenters. The minimum Gasteiger partial charge on any atom is -0.481 e. The lowest BCUT2D eigenvalue weighted by molar-refractivity contribution is -0.136. The molecule has 60 valence electrons. The number of carbonyl (C=O) groups is 2. The molecule has 0 bridgehead atoms. The normalized spacial score (nSPS) is 7.50. The Balaban J connectivity index is 0. The number of hydrogen-bond donors (Lipinski definition) is 3. The molecule has 0 aromatic heterocycles. The van der Waals surface area contributed by atoms with E-state index in [4.69, 9.17) is 5.11 Å². The molecule has 0 spiro atoms. The van der Waals surface area contributed by atoms with Crippen LogP contribution in [0.1, 0.15) is 13.3 Å². The number of hydrogen-bond acceptors (Lipinski definition) is 3. The lowest BCUT2D eigenvalue weighted by atomic mass is 10.5. The number of carboxylic acids is 1. The van der Waals surface area contributed by atoms with E-state index in [2.05, 4.69) is 25.3 Å². The maximum atomic E-state index is 9.55. The van der Waals surface area contributed by atoms with Crippen LogP contribution in [0.2, 0.25) is 0 Å². The summed E-state index contributed by atoms with van der Waals surface area (Å²) in [6, 6.07) is 0. The summed E-state index contributed by atoms with van der Waals surface area (Å²) in [5.74, 6) is -0.361. The van der Waals surface area contributed by atoms with Gasteiger partial charge in [-0.05, 0) is 0 Å². The summed E-state index contributed by atoms with van der Waals surface area (Å²) in [7, 11) is 0. The minimum atomic E-state index is -0.787. The first-order valence-corrected chi connectivity index (χ1v) is 3.60. The van der Waals surface area contributed by atoms with E-state index in [1.807, 2.05) is 0 Å². The van der Waals surface area contributed by atoms with Crippen LogP contribution in [0.15, 0.2) is 0 Å². The van der Waals surface area contributed by atoms with E-state index in [0.29, 0.717) is 5.75 Å². The predicted octanol–water partition coefficient (Wildman–Crippen LogP) is 0.854. The number of aliphatic carboxylic acids is 1. The third-order valence-corrected chi connectivity index (χ3v) is 0.549. The molecule has 0 aliphatic heterocycles. The van der Waals surface area contributed by atoms with E-state index < -0.39 is 5.97 Å². The zero-order chi connectivity index (χ0) is 8.57. The van der Waals surface area contributed by atoms with Crippen molar-refractivity contribution in [1.82, 2.24) is 0 Å². The predicted molar refractivity (Wildman–Crippen MR) is 45.8 cm³/mol. The van der Waals surface area contributed by atoms with Crippen LogP contribution in [-0.2, 0) is 9.59 Å². The second-order valence-corrected chi connectivity index (χ2v) is 2.46. The van der Waals surface area contributed by atoms with Crippen LogP contribution in [0, 0.1) is 0 Å². The Bertz CT molecular complexity index is 109. The van der Waals surface area contributed by atoms with Crippen molar-refractivity contribution in [3.05, 3.63) is 0 Å². The van der Waals surface area contributed by atoms with Crippen molar-refractivity contribution in [3.8, 4) is 0 Å². The van der Waals surface area contributed by atoms with Crippen LogP contribution in [0.25, 0.3) is 0 Å². The highest BCUT2D eigenvalue weighted by molar-refractivity contribution is 7.96. The highest BCUT2D eigenvalue weighted by Crippen LogP contribution is 1.79. The molecule has 0 rings (SSSR count). The molecule has 3 nitrogen and oxygen atoms in total. The number of thiol groups is 2. The molecular formula is C5H10O3S2. The van der Waals surface area contributed by atoms with Crippen LogP contribution in [0.5, 0.6) is 0 Å². The summed E-state index contributed by atoms with van der Waals surface area (Å²) in [4.78, 5) is 18.9. The number of carboxylic acid groups (broad SMARTS) is 1. The Morgan fingerprint density at radius 2 is 1.80 bits per heavy atom. The Morgan fingerprint density at radius 1 is 1.50 bits per heavy atom. The molecule has 0 saturated heterocycles. The van der Waals surface area contributed by atoms with Gasteiger partial charge < -0.3 is 5.11 Å². The second-order valence-electron chi connectivity index (χ2n) is 1.39. The van der Waals surface area contributed by atoms with Crippen LogP contribution < -0.4 is 0 Å². The first kappa shape index (κ1) is 12.5. The molecule has 0 aliphatic carbocycles. The molecule has 10 heavy (non-hydrogen) atoms. The van der Waals surface area contributed by atoms with Crippen LogP contribution in [-0.4, -0.2) is 21.9 Å². The summed E-state index contributed by atoms with van der Waals surface area (Å²) in [6.45, 7) is 1.39. The Kier molecular flexibility index (Phi) is 11.1. The summed E-state index contributed by atoms with van der Waals surface area (Å²) >= 11 is 7.01. The first-order chi connectivity index (χ1) is 4.50. The van der Waals surface area contributed by atoms with E-state index in [0.717, 1.165) is 0 Å². The van der Waals surface area contributed by atoms with Gasteiger partial charge in [-0.3, -0.25) is 9.59 Å². The van der Waals surface area contributed by atoms with Gasteiger partial charge in [0.05, 0.1) is 6.42 Å². The maximum absolute atomic E-state index is 9.55. The van der Waals surface area contributed by atoms with Gasteiger partial charge in [0.1, 0.15) is 0 Å². The van der Waals surface area contributed by atoms with Crippen LogP contribution in [0.3, 0.4) is 0 Å². The molecule has 1 N–H and O–H groups in total. The van der Waals surface area contributed by atoms with Crippen molar-refractivity contribution < 1.29 is 14.7 Å². The number of carbonyl (C=O) groups excluding carboxylic acids is 1. The van der Waals surface area contributed by atoms with E-state index in [1.54, 1.807) is 0 Å². The molecule has 0 atom stereocenters. The number of rotatable bonds is 2. The van der Waals surface area contributed by atoms with Crippen LogP contribution in [0.4, 0.5) is 0 Å². The molecule has 5 heteroatoms. The molecular weight excluding hydrogens is 172 g/mol. The maximum Gasteiger partial charge on any atom is 0.304 e. The van der Waals surface area contributed by atoms with Crippen molar-refractivity contribution in [1.29, 1.82) is 0 Å². The van der Waals surface area contributed by atoms with Crippen molar-refractivity contribution in [2.24, 2.45) is 0 Å². The molecule has 0 aromatic rings. The Labute approximate surface area is 70.6 Å². The van der Waals surface area contributed by atoms with E-state index in [-0.39, 0.29) is 11.5 Å². The first-order valence-electron chi connectivity index (χ1n) is 2.53. The van der Waals surface area contributed by atoms with Gasteiger partial charge in [0.25, 0.3) is 0 Å². The summed E-state index contributed by atoms with van der Waals surface area (Å²) in [5.41, 5.74) is 0. The summed E-state index contributed by atoms with van der Waals surface area (Å²) < 4.78 is 0. The second kappa shape index (κ2) is 8.84. The van der Waals surface area contributed by atoms with Crippen molar-refractivity contribution in [2.45, 2.75) is 13.3 Å². The zero-order valence-corrected chi connectivity index (χ0v) is 7.36. The van der Waals surface area contributed by atoms with E-state index in [9.17, 15) is 9.59 Å². The quantitative estimate of drug-likeness (QED) is 0.555. The molecule has 0 aliphatic rings. The third kappa shape index (κ3) is 45.5. The molecule has 0 aromatic carbocycles. The largest absolute Gasteiger partial charge is 0.481 e. The van der Waals surface area contributed by atoms with Crippen molar-refractivity contribution in [3.63, 3.8) is 0 Å². The van der Waals surface area contributed by atoms with Gasteiger partial charge in [0.2, 0.25) is 0 Å². The van der Waals surface area contributed by atoms with Crippen molar-refractivity contribution >= 4 is 36.3 Å². The standard InChI is InChI=1S/C3H6O2S.C2H4OS/c4-3(5)1-2-6;1-2(3)4/h6H,1-2H2,(H,4,5);1H3,(H,3,4). The smallest absolute Gasteiger partial charge is 0.304 e. The summed E-state index contributed by atoms with van der Waals surface area (Å²) in [6.07, 6.45) is 0.156. The van der Waals surface area contributed by atoms with Gasteiger partial charge in [-0.25, -0.2) is 0 Å². The molecule has 0 amide bonds. The van der Waals surface area contributed by atoms with E-state index in [1.165, 1.54) is 6.92 Å². The average Bonchev–Trinajstić information content (AvgIpc) is 1.62. The van der Waals surface area contributed by atoms with Gasteiger partial charge in [0.15, 0.2) is 5.12 Å². The molecule has 0 heterocycles. The topological polar surface area (TPSA) is 54.4 Å². The zero-order valence-electron chi connectivity index (χ0n) is 5.57. The SMILES string of the molecule is CC(=O)S.O=C(O)CCS. The minimum absolute atomic E-state index is 0.139. The molecule has 0 radical (unpaired) electrons. The highest BCUT2D eigenvalue weighted by Gasteiger charge is 1.88. The fourth-order valence-corrected chi connectivity index (χ4v) is 0.287. The Morgan fingerprint density at radius 3 is 1.80 bits per heavy atom. The van der Waals surface area contributed by atoms with Gasteiger partial charge in [0, 0.05) is 12.7 Å². The lowest BCUT2D eigenvalue weighted by Gasteiger charge is -1.79. The lowest BCUT2D eigenvalue weighted by Crippen LogP contribution is -1.93. The Hall–Kier alpha value is -0.160. The van der Waals surface area contributed by atoms with Crippen molar-refractivity contribution in [2.75, 3.05) is 5.75 Å².